The van der Waals surface area contributed by atoms with E-state index in [1.54, 1.807) is 4.52 Å². The molecule has 6 nitrogen and oxygen atoms in total. The normalized spacial score (nSPS) is 10.9. The Morgan fingerprint density at radius 1 is 1.00 bits per heavy atom. The monoisotopic (exact) mass is 359 g/mol. The second-order valence-electron chi connectivity index (χ2n) is 6.38. The van der Waals surface area contributed by atoms with Gasteiger partial charge >= 0.3 is 0 Å². The van der Waals surface area contributed by atoms with Crippen LogP contribution in [0.15, 0.2) is 54.6 Å². The van der Waals surface area contributed by atoms with E-state index in [-0.39, 0.29) is 0 Å². The van der Waals surface area contributed by atoms with Gasteiger partial charge in [-0.2, -0.15) is 9.50 Å². The Hall–Kier alpha value is -3.41. The predicted octanol–water partition coefficient (Wildman–Crippen LogP) is 4.55. The van der Waals surface area contributed by atoms with Crippen LogP contribution in [0.4, 0.5) is 11.5 Å². The lowest BCUT2D eigenvalue weighted by molar-refractivity contribution is 0.340. The molecule has 2 aromatic heterocycles. The third-order valence-corrected chi connectivity index (χ3v) is 4.15. The van der Waals surface area contributed by atoms with Crippen LogP contribution in [0.1, 0.15) is 18.2 Å². The molecule has 0 aliphatic rings. The van der Waals surface area contributed by atoms with Crippen LogP contribution in [0.3, 0.4) is 0 Å². The van der Waals surface area contributed by atoms with Gasteiger partial charge in [-0.25, -0.2) is 4.98 Å². The summed E-state index contributed by atoms with van der Waals surface area (Å²) in [4.78, 5) is 9.12. The van der Waals surface area contributed by atoms with Crippen molar-refractivity contribution < 1.29 is 4.74 Å². The first kappa shape index (κ1) is 17.0. The van der Waals surface area contributed by atoms with Crippen molar-refractivity contribution in [2.45, 2.75) is 20.8 Å². The third-order valence-electron chi connectivity index (χ3n) is 4.15. The number of ether oxygens (including phenoxy) is 1. The quantitative estimate of drug-likeness (QED) is 0.566. The summed E-state index contributed by atoms with van der Waals surface area (Å²) in [6.45, 7) is 6.63. The molecular weight excluding hydrogens is 338 g/mol. The minimum absolute atomic E-state index is 0.569. The number of benzene rings is 2. The molecule has 0 unspecified atom stereocenters. The molecule has 2 heterocycles. The van der Waals surface area contributed by atoms with E-state index in [0.717, 1.165) is 28.5 Å². The fourth-order valence-corrected chi connectivity index (χ4v) is 2.93. The molecule has 0 bridgehead atoms. The zero-order valence-corrected chi connectivity index (χ0v) is 15.6. The Labute approximate surface area is 157 Å². The van der Waals surface area contributed by atoms with E-state index in [1.165, 1.54) is 5.56 Å². The average Bonchev–Trinajstić information content (AvgIpc) is 3.08. The number of hydrogen-bond donors (Lipinski definition) is 1. The van der Waals surface area contributed by atoms with Gasteiger partial charge in [-0.15, -0.1) is 5.10 Å². The first-order chi connectivity index (χ1) is 13.1. The number of rotatable bonds is 5. The Bertz CT molecular complexity index is 1090. The van der Waals surface area contributed by atoms with Crippen molar-refractivity contribution in [3.63, 3.8) is 0 Å². The molecule has 4 rings (SSSR count). The lowest BCUT2D eigenvalue weighted by Crippen LogP contribution is -2.02. The van der Waals surface area contributed by atoms with E-state index < -0.39 is 0 Å². The maximum Gasteiger partial charge on any atom is 0.254 e. The van der Waals surface area contributed by atoms with Crippen LogP contribution in [0.5, 0.6) is 5.75 Å². The number of nitrogens with one attached hydrogen (secondary N) is 1. The van der Waals surface area contributed by atoms with Gasteiger partial charge in [-0.1, -0.05) is 23.8 Å². The summed E-state index contributed by atoms with van der Waals surface area (Å²) >= 11 is 0. The largest absolute Gasteiger partial charge is 0.494 e. The molecule has 136 valence electrons. The van der Waals surface area contributed by atoms with Gasteiger partial charge in [0, 0.05) is 23.0 Å². The van der Waals surface area contributed by atoms with Crippen LogP contribution in [-0.2, 0) is 0 Å². The number of nitrogens with zero attached hydrogens (tertiary/aromatic N) is 4. The molecule has 0 saturated heterocycles. The Morgan fingerprint density at radius 3 is 2.56 bits per heavy atom. The molecule has 4 aromatic rings. The van der Waals surface area contributed by atoms with Crippen molar-refractivity contribution in [2.24, 2.45) is 0 Å². The van der Waals surface area contributed by atoms with Crippen molar-refractivity contribution in [1.82, 2.24) is 19.6 Å². The summed E-state index contributed by atoms with van der Waals surface area (Å²) in [5.74, 6) is 2.89. The Kier molecular flexibility index (Phi) is 4.46. The molecule has 0 radical (unpaired) electrons. The summed E-state index contributed by atoms with van der Waals surface area (Å²) < 4.78 is 7.23. The zero-order chi connectivity index (χ0) is 18.8. The van der Waals surface area contributed by atoms with Gasteiger partial charge in [0.25, 0.3) is 5.78 Å². The van der Waals surface area contributed by atoms with E-state index >= 15 is 0 Å². The molecule has 0 atom stereocenters. The molecule has 0 aliphatic heterocycles. The maximum atomic E-state index is 5.50. The molecule has 2 aromatic carbocycles. The highest BCUT2D eigenvalue weighted by Gasteiger charge is 2.12. The van der Waals surface area contributed by atoms with Gasteiger partial charge in [0.15, 0.2) is 5.82 Å². The van der Waals surface area contributed by atoms with Crippen LogP contribution in [-0.4, -0.2) is 26.2 Å². The molecule has 0 aliphatic carbocycles. The average molecular weight is 359 g/mol. The molecule has 0 amide bonds. The van der Waals surface area contributed by atoms with Crippen LogP contribution in [0, 0.1) is 13.8 Å². The van der Waals surface area contributed by atoms with Gasteiger partial charge in [-0.3, -0.25) is 0 Å². The van der Waals surface area contributed by atoms with Crippen molar-refractivity contribution in [1.29, 1.82) is 0 Å². The van der Waals surface area contributed by atoms with E-state index in [2.05, 4.69) is 39.4 Å². The number of aromatic nitrogens is 4. The molecule has 0 fully saturated rings. The summed E-state index contributed by atoms with van der Waals surface area (Å²) in [7, 11) is 0. The summed E-state index contributed by atoms with van der Waals surface area (Å²) in [6.07, 6.45) is 0. The SMILES string of the molecule is CCOc1ccc(Nc2cc(C)nc3nc(-c4cccc(C)c4)nn23)cc1. The minimum Gasteiger partial charge on any atom is -0.494 e. The summed E-state index contributed by atoms with van der Waals surface area (Å²) in [6, 6.07) is 17.9. The first-order valence-corrected chi connectivity index (χ1v) is 8.94. The fourth-order valence-electron chi connectivity index (χ4n) is 2.93. The zero-order valence-electron chi connectivity index (χ0n) is 15.6. The van der Waals surface area contributed by atoms with Crippen molar-refractivity contribution in [2.75, 3.05) is 11.9 Å². The van der Waals surface area contributed by atoms with Crippen LogP contribution in [0.25, 0.3) is 17.2 Å². The molecule has 1 N–H and O–H groups in total. The highest BCUT2D eigenvalue weighted by Crippen LogP contribution is 2.23. The van der Waals surface area contributed by atoms with Crippen LogP contribution < -0.4 is 10.1 Å². The summed E-state index contributed by atoms with van der Waals surface area (Å²) in [5, 5.41) is 8.06. The fraction of sp³-hybridized carbons (Fsp3) is 0.190. The lowest BCUT2D eigenvalue weighted by atomic mass is 10.1. The van der Waals surface area contributed by atoms with Crippen molar-refractivity contribution in [3.8, 4) is 17.1 Å². The van der Waals surface area contributed by atoms with E-state index in [9.17, 15) is 0 Å². The number of anilines is 2. The highest BCUT2D eigenvalue weighted by atomic mass is 16.5. The maximum absolute atomic E-state index is 5.50. The van der Waals surface area contributed by atoms with Gasteiger partial charge in [0.1, 0.15) is 11.6 Å². The number of hydrogen-bond acceptors (Lipinski definition) is 5. The Morgan fingerprint density at radius 2 is 1.81 bits per heavy atom. The van der Waals surface area contributed by atoms with Gasteiger partial charge in [-0.05, 0) is 51.1 Å². The predicted molar refractivity (Wildman–Crippen MR) is 107 cm³/mol. The molecule has 27 heavy (non-hydrogen) atoms. The molecule has 0 spiro atoms. The third kappa shape index (κ3) is 3.60. The van der Waals surface area contributed by atoms with E-state index in [4.69, 9.17) is 4.74 Å². The second-order valence-corrected chi connectivity index (χ2v) is 6.38. The first-order valence-electron chi connectivity index (χ1n) is 8.94. The molecular formula is C21H21N5O. The summed E-state index contributed by atoms with van der Waals surface area (Å²) in [5.41, 5.74) is 3.96. The standard InChI is InChI=1S/C21H21N5O/c1-4-27-18-10-8-17(9-11-18)23-19-13-15(3)22-21-24-20(25-26(19)21)16-7-5-6-14(2)12-16/h5-13,23H,4H2,1-3H3. The van der Waals surface area contributed by atoms with Crippen LogP contribution in [0.2, 0.25) is 0 Å². The van der Waals surface area contributed by atoms with Crippen molar-refractivity contribution >= 4 is 17.3 Å². The minimum atomic E-state index is 0.569. The highest BCUT2D eigenvalue weighted by molar-refractivity contribution is 5.63. The van der Waals surface area contributed by atoms with Gasteiger partial charge < -0.3 is 10.1 Å². The number of fused-ring (bicyclic) bond motifs is 1. The second kappa shape index (κ2) is 7.07. The van der Waals surface area contributed by atoms with Crippen molar-refractivity contribution in [3.05, 3.63) is 65.9 Å². The molecule has 6 heteroatoms. The molecule has 0 saturated carbocycles. The van der Waals surface area contributed by atoms with E-state index in [0.29, 0.717) is 18.2 Å². The van der Waals surface area contributed by atoms with Crippen LogP contribution >= 0.6 is 0 Å². The number of aryl methyl sites for hydroxylation is 2. The van der Waals surface area contributed by atoms with Gasteiger partial charge in [0.05, 0.1) is 6.61 Å². The smallest absolute Gasteiger partial charge is 0.254 e. The van der Waals surface area contributed by atoms with Gasteiger partial charge in [0.2, 0.25) is 0 Å². The van der Waals surface area contributed by atoms with E-state index in [1.807, 2.05) is 56.3 Å². The Balaban J connectivity index is 1.71. The lowest BCUT2D eigenvalue weighted by Gasteiger charge is -2.09. The topological polar surface area (TPSA) is 64.3 Å².